The van der Waals surface area contributed by atoms with E-state index < -0.39 is 10.8 Å². The van der Waals surface area contributed by atoms with Crippen molar-refractivity contribution in [2.24, 2.45) is 0 Å². The van der Waals surface area contributed by atoms with E-state index in [1.54, 1.807) is 6.26 Å². The number of nitrogens with one attached hydrogen (secondary N) is 1. The quantitative estimate of drug-likeness (QED) is 0.753. The van der Waals surface area contributed by atoms with Crippen LogP contribution in [0.1, 0.15) is 13.3 Å². The summed E-state index contributed by atoms with van der Waals surface area (Å²) >= 11 is 0. The molecule has 0 fully saturated rings. The van der Waals surface area contributed by atoms with Gasteiger partial charge in [0.2, 0.25) is 0 Å². The van der Waals surface area contributed by atoms with Crippen LogP contribution in [0.25, 0.3) is 0 Å². The highest BCUT2D eigenvalue weighted by Crippen LogP contribution is 2.12. The van der Waals surface area contributed by atoms with Gasteiger partial charge in [0, 0.05) is 40.2 Å². The SMILES string of the molecule is CC(CCS(C)=O)Nc1ccc(N)cc1. The average molecular weight is 226 g/mol. The maximum absolute atomic E-state index is 10.9. The molecule has 0 radical (unpaired) electrons. The molecule has 1 aromatic rings. The Kier molecular flexibility index (Phi) is 4.62. The van der Waals surface area contributed by atoms with Crippen molar-refractivity contribution in [2.75, 3.05) is 23.1 Å². The minimum absolute atomic E-state index is 0.331. The summed E-state index contributed by atoms with van der Waals surface area (Å²) in [5, 5.41) is 3.33. The molecule has 0 heterocycles. The molecule has 0 amide bonds. The zero-order valence-electron chi connectivity index (χ0n) is 9.19. The van der Waals surface area contributed by atoms with Crippen LogP contribution in [0.4, 0.5) is 11.4 Å². The van der Waals surface area contributed by atoms with Gasteiger partial charge in [-0.05, 0) is 37.6 Å². The lowest BCUT2D eigenvalue weighted by atomic mass is 10.2. The predicted octanol–water partition coefficient (Wildman–Crippen LogP) is 1.84. The predicted molar refractivity (Wildman–Crippen MR) is 67.5 cm³/mol. The first-order valence-electron chi connectivity index (χ1n) is 5.00. The molecule has 1 aromatic carbocycles. The van der Waals surface area contributed by atoms with Gasteiger partial charge in [-0.25, -0.2) is 0 Å². The first-order valence-corrected chi connectivity index (χ1v) is 6.73. The molecule has 0 aliphatic rings. The molecule has 0 bridgehead atoms. The third kappa shape index (κ3) is 4.83. The van der Waals surface area contributed by atoms with Crippen molar-refractivity contribution in [1.82, 2.24) is 0 Å². The van der Waals surface area contributed by atoms with E-state index in [4.69, 9.17) is 5.73 Å². The number of nitrogens with two attached hydrogens (primary N) is 1. The normalized spacial score (nSPS) is 14.5. The zero-order chi connectivity index (χ0) is 11.3. The number of nitrogen functional groups attached to an aromatic ring is 1. The third-order valence-corrected chi connectivity index (χ3v) is 2.97. The maximum atomic E-state index is 10.9. The van der Waals surface area contributed by atoms with E-state index in [0.717, 1.165) is 23.5 Å². The standard InChI is InChI=1S/C11H18N2OS/c1-9(7-8-15(2)14)13-11-5-3-10(12)4-6-11/h3-6,9,13H,7-8,12H2,1-2H3. The topological polar surface area (TPSA) is 55.1 Å². The van der Waals surface area contributed by atoms with Gasteiger partial charge in [-0.15, -0.1) is 0 Å². The number of rotatable bonds is 5. The fourth-order valence-corrected chi connectivity index (χ4v) is 1.96. The summed E-state index contributed by atoms with van der Waals surface area (Å²) in [6, 6.07) is 7.97. The van der Waals surface area contributed by atoms with Crippen LogP contribution >= 0.6 is 0 Å². The van der Waals surface area contributed by atoms with E-state index in [1.807, 2.05) is 24.3 Å². The highest BCUT2D eigenvalue weighted by atomic mass is 32.2. The molecule has 0 spiro atoms. The van der Waals surface area contributed by atoms with E-state index in [2.05, 4.69) is 12.2 Å². The first kappa shape index (κ1) is 12.0. The van der Waals surface area contributed by atoms with E-state index >= 15 is 0 Å². The second-order valence-corrected chi connectivity index (χ2v) is 5.29. The summed E-state index contributed by atoms with van der Waals surface area (Å²) in [4.78, 5) is 0. The van der Waals surface area contributed by atoms with Crippen molar-refractivity contribution in [3.05, 3.63) is 24.3 Å². The van der Waals surface area contributed by atoms with Gasteiger partial charge in [-0.1, -0.05) is 0 Å². The van der Waals surface area contributed by atoms with Crippen molar-refractivity contribution < 1.29 is 4.21 Å². The van der Waals surface area contributed by atoms with Crippen LogP contribution in [0.5, 0.6) is 0 Å². The molecule has 3 nitrogen and oxygen atoms in total. The third-order valence-electron chi connectivity index (χ3n) is 2.16. The molecule has 0 saturated heterocycles. The molecule has 0 saturated carbocycles. The Hall–Kier alpha value is -1.03. The largest absolute Gasteiger partial charge is 0.399 e. The van der Waals surface area contributed by atoms with Crippen LogP contribution < -0.4 is 11.1 Å². The molecule has 0 aromatic heterocycles. The van der Waals surface area contributed by atoms with Gasteiger partial charge in [0.15, 0.2) is 0 Å². The molecule has 2 atom stereocenters. The van der Waals surface area contributed by atoms with E-state index in [9.17, 15) is 4.21 Å². The van der Waals surface area contributed by atoms with Crippen molar-refractivity contribution in [1.29, 1.82) is 0 Å². The molecule has 0 aliphatic carbocycles. The Balaban J connectivity index is 2.40. The van der Waals surface area contributed by atoms with Gasteiger partial charge in [-0.2, -0.15) is 0 Å². The summed E-state index contributed by atoms with van der Waals surface area (Å²) in [5.74, 6) is 0.739. The molecule has 0 aliphatic heterocycles. The van der Waals surface area contributed by atoms with Gasteiger partial charge < -0.3 is 11.1 Å². The fraction of sp³-hybridized carbons (Fsp3) is 0.455. The monoisotopic (exact) mass is 226 g/mol. The Bertz CT molecular complexity index is 324. The molecular weight excluding hydrogens is 208 g/mol. The second-order valence-electron chi connectivity index (χ2n) is 3.73. The minimum atomic E-state index is -0.708. The van der Waals surface area contributed by atoms with Crippen LogP contribution in [0.2, 0.25) is 0 Å². The summed E-state index contributed by atoms with van der Waals surface area (Å²) in [7, 11) is -0.708. The maximum Gasteiger partial charge on any atom is 0.0343 e. The molecule has 3 N–H and O–H groups in total. The van der Waals surface area contributed by atoms with Crippen LogP contribution in [-0.2, 0) is 10.8 Å². The Morgan fingerprint density at radius 1 is 1.40 bits per heavy atom. The minimum Gasteiger partial charge on any atom is -0.399 e. The Morgan fingerprint density at radius 2 is 2.00 bits per heavy atom. The van der Waals surface area contributed by atoms with Crippen LogP contribution in [-0.4, -0.2) is 22.3 Å². The summed E-state index contributed by atoms with van der Waals surface area (Å²) in [6.07, 6.45) is 2.64. The van der Waals surface area contributed by atoms with E-state index in [1.165, 1.54) is 0 Å². The van der Waals surface area contributed by atoms with Gasteiger partial charge >= 0.3 is 0 Å². The highest BCUT2D eigenvalue weighted by Gasteiger charge is 2.02. The summed E-state index contributed by atoms with van der Waals surface area (Å²) < 4.78 is 10.9. The lowest BCUT2D eigenvalue weighted by Gasteiger charge is -2.14. The lowest BCUT2D eigenvalue weighted by Crippen LogP contribution is -2.17. The molecule has 4 heteroatoms. The fourth-order valence-electron chi connectivity index (χ4n) is 1.28. The first-order chi connectivity index (χ1) is 7.08. The van der Waals surface area contributed by atoms with E-state index in [0.29, 0.717) is 6.04 Å². The van der Waals surface area contributed by atoms with Crippen molar-refractivity contribution in [2.45, 2.75) is 19.4 Å². The van der Waals surface area contributed by atoms with Crippen molar-refractivity contribution in [3.63, 3.8) is 0 Å². The highest BCUT2D eigenvalue weighted by molar-refractivity contribution is 7.84. The lowest BCUT2D eigenvalue weighted by molar-refractivity contribution is 0.678. The van der Waals surface area contributed by atoms with Crippen LogP contribution in [0.3, 0.4) is 0 Å². The number of anilines is 2. The van der Waals surface area contributed by atoms with Gasteiger partial charge in [0.25, 0.3) is 0 Å². The molecular formula is C11H18N2OS. The Labute approximate surface area is 93.5 Å². The van der Waals surface area contributed by atoms with Crippen molar-refractivity contribution >= 4 is 22.2 Å². The summed E-state index contributed by atoms with van der Waals surface area (Å²) in [5.41, 5.74) is 7.41. The molecule has 84 valence electrons. The van der Waals surface area contributed by atoms with Crippen LogP contribution in [0.15, 0.2) is 24.3 Å². The van der Waals surface area contributed by atoms with Gasteiger partial charge in [0.1, 0.15) is 0 Å². The molecule has 1 rings (SSSR count). The smallest absolute Gasteiger partial charge is 0.0343 e. The second kappa shape index (κ2) is 5.75. The number of hydrogen-bond acceptors (Lipinski definition) is 3. The molecule has 2 unspecified atom stereocenters. The van der Waals surface area contributed by atoms with Gasteiger partial charge in [-0.3, -0.25) is 4.21 Å². The summed E-state index contributed by atoms with van der Waals surface area (Å²) in [6.45, 7) is 2.09. The van der Waals surface area contributed by atoms with Crippen LogP contribution in [0, 0.1) is 0 Å². The molecule has 15 heavy (non-hydrogen) atoms. The van der Waals surface area contributed by atoms with Gasteiger partial charge in [0.05, 0.1) is 0 Å². The number of benzene rings is 1. The van der Waals surface area contributed by atoms with E-state index in [-0.39, 0.29) is 0 Å². The number of hydrogen-bond donors (Lipinski definition) is 2. The average Bonchev–Trinajstić information content (AvgIpc) is 2.19. The Morgan fingerprint density at radius 3 is 2.53 bits per heavy atom. The zero-order valence-corrected chi connectivity index (χ0v) is 10.0. The van der Waals surface area contributed by atoms with Crippen molar-refractivity contribution in [3.8, 4) is 0 Å².